The second-order valence-electron chi connectivity index (χ2n) is 6.14. The first-order valence-corrected chi connectivity index (χ1v) is 7.74. The zero-order valence-electron chi connectivity index (χ0n) is 12.2. The summed E-state index contributed by atoms with van der Waals surface area (Å²) in [5, 5.41) is 8.17. The Kier molecular flexibility index (Phi) is 3.89. The predicted molar refractivity (Wildman–Crippen MR) is 77.0 cm³/mol. The molecule has 1 saturated heterocycles. The highest BCUT2D eigenvalue weighted by atomic mass is 15.3. The van der Waals surface area contributed by atoms with Crippen molar-refractivity contribution in [3.8, 4) is 0 Å². The van der Waals surface area contributed by atoms with Crippen LogP contribution in [-0.4, -0.2) is 40.9 Å². The van der Waals surface area contributed by atoms with E-state index in [4.69, 9.17) is 0 Å². The number of nitrogens with zero attached hydrogens (tertiary/aromatic N) is 3. The maximum Gasteiger partial charge on any atom is 0.0537 e. The van der Waals surface area contributed by atoms with Gasteiger partial charge in [-0.3, -0.25) is 9.58 Å². The summed E-state index contributed by atoms with van der Waals surface area (Å²) in [7, 11) is 2.26. The van der Waals surface area contributed by atoms with Crippen LogP contribution in [0.1, 0.15) is 44.2 Å². The number of rotatable bonds is 5. The Balaban J connectivity index is 1.71. The molecule has 1 saturated carbocycles. The molecule has 1 aromatic heterocycles. The summed E-state index contributed by atoms with van der Waals surface area (Å²) in [6.07, 6.45) is 9.72. The van der Waals surface area contributed by atoms with Crippen LogP contribution in [0.5, 0.6) is 0 Å². The van der Waals surface area contributed by atoms with E-state index in [2.05, 4.69) is 41.7 Å². The molecular formula is C15H26N4. The van der Waals surface area contributed by atoms with E-state index in [9.17, 15) is 0 Å². The van der Waals surface area contributed by atoms with Crippen LogP contribution in [0.3, 0.4) is 0 Å². The van der Waals surface area contributed by atoms with Crippen LogP contribution >= 0.6 is 0 Å². The standard InChI is InChI=1S/C15H26N4/c1-3-19-11-13(10-17-19)15-12(5-4-8-18(15)2)9-16-14-6-7-14/h10-12,14-16H,3-9H2,1-2H3. The SMILES string of the molecule is CCn1cc(C2C(CNC3CC3)CCCN2C)cn1. The molecule has 0 spiro atoms. The second kappa shape index (κ2) is 5.63. The lowest BCUT2D eigenvalue weighted by Crippen LogP contribution is -2.40. The molecule has 106 valence electrons. The van der Waals surface area contributed by atoms with Crippen molar-refractivity contribution in [3.05, 3.63) is 18.0 Å². The van der Waals surface area contributed by atoms with E-state index in [0.29, 0.717) is 6.04 Å². The highest BCUT2D eigenvalue weighted by molar-refractivity contribution is 5.13. The van der Waals surface area contributed by atoms with Gasteiger partial charge in [0.15, 0.2) is 0 Å². The van der Waals surface area contributed by atoms with Gasteiger partial charge in [0.2, 0.25) is 0 Å². The lowest BCUT2D eigenvalue weighted by Gasteiger charge is -2.39. The first-order chi connectivity index (χ1) is 9.28. The average molecular weight is 262 g/mol. The molecule has 1 aliphatic heterocycles. The van der Waals surface area contributed by atoms with E-state index < -0.39 is 0 Å². The Morgan fingerprint density at radius 3 is 2.89 bits per heavy atom. The number of aryl methyl sites for hydroxylation is 1. The van der Waals surface area contributed by atoms with Crippen LogP contribution in [0, 0.1) is 5.92 Å². The van der Waals surface area contributed by atoms with Crippen LogP contribution in [0.4, 0.5) is 0 Å². The van der Waals surface area contributed by atoms with Gasteiger partial charge in [0, 0.05) is 36.9 Å². The Bertz CT molecular complexity index is 410. The van der Waals surface area contributed by atoms with Crippen molar-refractivity contribution in [2.24, 2.45) is 5.92 Å². The van der Waals surface area contributed by atoms with E-state index in [1.54, 1.807) is 0 Å². The first kappa shape index (κ1) is 13.1. The van der Waals surface area contributed by atoms with Gasteiger partial charge in [0.1, 0.15) is 0 Å². The number of hydrogen-bond acceptors (Lipinski definition) is 3. The fourth-order valence-corrected chi connectivity index (χ4v) is 3.31. The van der Waals surface area contributed by atoms with Gasteiger partial charge in [-0.25, -0.2) is 0 Å². The molecular weight excluding hydrogens is 236 g/mol. The summed E-state index contributed by atoms with van der Waals surface area (Å²) in [6.45, 7) is 5.48. The zero-order chi connectivity index (χ0) is 13.2. The molecule has 0 radical (unpaired) electrons. The zero-order valence-corrected chi connectivity index (χ0v) is 12.2. The summed E-state index contributed by atoms with van der Waals surface area (Å²) < 4.78 is 2.04. The fourth-order valence-electron chi connectivity index (χ4n) is 3.31. The molecule has 1 aliphatic carbocycles. The van der Waals surface area contributed by atoms with Gasteiger partial charge in [-0.05, 0) is 52.1 Å². The fraction of sp³-hybridized carbons (Fsp3) is 0.800. The van der Waals surface area contributed by atoms with E-state index in [0.717, 1.165) is 25.0 Å². The smallest absolute Gasteiger partial charge is 0.0537 e. The maximum atomic E-state index is 4.46. The quantitative estimate of drug-likeness (QED) is 0.881. The number of piperidine rings is 1. The lowest BCUT2D eigenvalue weighted by molar-refractivity contribution is 0.119. The normalized spacial score (nSPS) is 28.7. The van der Waals surface area contributed by atoms with Gasteiger partial charge in [-0.1, -0.05) is 0 Å². The third-order valence-electron chi connectivity index (χ3n) is 4.57. The summed E-state index contributed by atoms with van der Waals surface area (Å²) in [4.78, 5) is 2.51. The van der Waals surface area contributed by atoms with Crippen molar-refractivity contribution in [2.45, 2.75) is 51.2 Å². The molecule has 1 aromatic rings. The topological polar surface area (TPSA) is 33.1 Å². The molecule has 2 aliphatic rings. The minimum Gasteiger partial charge on any atom is -0.314 e. The minimum absolute atomic E-state index is 0.542. The Labute approximate surface area is 116 Å². The maximum absolute atomic E-state index is 4.46. The summed E-state index contributed by atoms with van der Waals surface area (Å²) in [5.74, 6) is 0.730. The van der Waals surface area contributed by atoms with Crippen LogP contribution < -0.4 is 5.32 Å². The van der Waals surface area contributed by atoms with Gasteiger partial charge < -0.3 is 5.32 Å². The second-order valence-corrected chi connectivity index (χ2v) is 6.14. The molecule has 19 heavy (non-hydrogen) atoms. The van der Waals surface area contributed by atoms with Gasteiger partial charge in [0.25, 0.3) is 0 Å². The largest absolute Gasteiger partial charge is 0.314 e. The molecule has 2 atom stereocenters. The van der Waals surface area contributed by atoms with Crippen molar-refractivity contribution >= 4 is 0 Å². The van der Waals surface area contributed by atoms with Gasteiger partial charge in [0.05, 0.1) is 6.20 Å². The number of hydrogen-bond donors (Lipinski definition) is 1. The van der Waals surface area contributed by atoms with Crippen molar-refractivity contribution in [2.75, 3.05) is 20.1 Å². The van der Waals surface area contributed by atoms with Crippen molar-refractivity contribution < 1.29 is 0 Å². The van der Waals surface area contributed by atoms with Crippen molar-refractivity contribution in [1.82, 2.24) is 20.0 Å². The third kappa shape index (κ3) is 3.00. The molecule has 1 N–H and O–H groups in total. The monoisotopic (exact) mass is 262 g/mol. The summed E-state index contributed by atoms with van der Waals surface area (Å²) in [5.41, 5.74) is 1.40. The Morgan fingerprint density at radius 1 is 1.37 bits per heavy atom. The number of nitrogens with one attached hydrogen (secondary N) is 1. The van der Waals surface area contributed by atoms with Crippen LogP contribution in [-0.2, 0) is 6.54 Å². The third-order valence-corrected chi connectivity index (χ3v) is 4.57. The Morgan fingerprint density at radius 2 is 2.21 bits per heavy atom. The minimum atomic E-state index is 0.542. The van der Waals surface area contributed by atoms with Crippen molar-refractivity contribution in [1.29, 1.82) is 0 Å². The molecule has 0 amide bonds. The molecule has 4 nitrogen and oxygen atoms in total. The average Bonchev–Trinajstić information content (AvgIpc) is 3.13. The van der Waals surface area contributed by atoms with Crippen LogP contribution in [0.15, 0.2) is 12.4 Å². The molecule has 2 heterocycles. The van der Waals surface area contributed by atoms with Gasteiger partial charge >= 0.3 is 0 Å². The van der Waals surface area contributed by atoms with E-state index in [-0.39, 0.29) is 0 Å². The van der Waals surface area contributed by atoms with Crippen molar-refractivity contribution in [3.63, 3.8) is 0 Å². The Hall–Kier alpha value is -0.870. The van der Waals surface area contributed by atoms with Gasteiger partial charge in [-0.15, -0.1) is 0 Å². The summed E-state index contributed by atoms with van der Waals surface area (Å²) in [6, 6.07) is 1.35. The highest BCUT2D eigenvalue weighted by Crippen LogP contribution is 2.35. The number of likely N-dealkylation sites (tertiary alicyclic amines) is 1. The first-order valence-electron chi connectivity index (χ1n) is 7.74. The molecule has 4 heteroatoms. The number of aromatic nitrogens is 2. The predicted octanol–water partition coefficient (Wildman–Crippen LogP) is 2.04. The molecule has 2 unspecified atom stereocenters. The molecule has 3 rings (SSSR count). The van der Waals surface area contributed by atoms with Gasteiger partial charge in [-0.2, -0.15) is 5.10 Å². The van der Waals surface area contributed by atoms with Crippen LogP contribution in [0.2, 0.25) is 0 Å². The highest BCUT2D eigenvalue weighted by Gasteiger charge is 2.32. The molecule has 2 fully saturated rings. The van der Waals surface area contributed by atoms with E-state index in [1.165, 1.54) is 37.8 Å². The molecule has 0 aromatic carbocycles. The summed E-state index contributed by atoms with van der Waals surface area (Å²) >= 11 is 0. The van der Waals surface area contributed by atoms with Crippen LogP contribution in [0.25, 0.3) is 0 Å². The molecule has 0 bridgehead atoms. The van der Waals surface area contributed by atoms with E-state index in [1.807, 2.05) is 4.68 Å². The van der Waals surface area contributed by atoms with E-state index >= 15 is 0 Å². The lowest BCUT2D eigenvalue weighted by atomic mass is 9.86.